The fourth-order valence-electron chi connectivity index (χ4n) is 1.75. The normalized spacial score (nSPS) is 17.9. The molecule has 0 amide bonds. The third-order valence-electron chi connectivity index (χ3n) is 2.87. The fraction of sp³-hybridized carbons (Fsp3) is 0.545. The summed E-state index contributed by atoms with van der Waals surface area (Å²) in [5.74, 6) is -0.269. The number of carbonyl (C=O) groups excluding carboxylic acids is 1. The first-order valence-electron chi connectivity index (χ1n) is 5.12. The van der Waals surface area contributed by atoms with Crippen molar-refractivity contribution < 1.29 is 14.3 Å². The molecule has 0 aliphatic carbocycles. The Morgan fingerprint density at radius 2 is 2.25 bits per heavy atom. The van der Waals surface area contributed by atoms with Gasteiger partial charge in [0.15, 0.2) is 0 Å². The second-order valence-electron chi connectivity index (χ2n) is 3.93. The molecule has 4 nitrogen and oxygen atoms in total. The maximum atomic E-state index is 11.3. The topological polar surface area (TPSA) is 47.6 Å². The zero-order valence-electron chi connectivity index (χ0n) is 9.41. The van der Waals surface area contributed by atoms with Crippen molar-refractivity contribution in [1.29, 1.82) is 0 Å². The van der Waals surface area contributed by atoms with Gasteiger partial charge in [-0.15, -0.1) is 11.3 Å². The second-order valence-corrected chi connectivity index (χ2v) is 5.09. The molecule has 1 aromatic heterocycles. The van der Waals surface area contributed by atoms with Crippen molar-refractivity contribution in [3.05, 3.63) is 21.9 Å². The SMILES string of the molecule is COC(=O)c1ccc(CC2(OC)CNC2)s1. The molecule has 2 rings (SSSR count). The molecule has 0 radical (unpaired) electrons. The van der Waals surface area contributed by atoms with E-state index in [1.165, 1.54) is 18.4 Å². The summed E-state index contributed by atoms with van der Waals surface area (Å²) in [6, 6.07) is 3.78. The van der Waals surface area contributed by atoms with Gasteiger partial charge in [0.2, 0.25) is 0 Å². The Morgan fingerprint density at radius 3 is 2.75 bits per heavy atom. The van der Waals surface area contributed by atoms with Crippen LogP contribution in [0.5, 0.6) is 0 Å². The van der Waals surface area contributed by atoms with Gasteiger partial charge in [-0.3, -0.25) is 0 Å². The van der Waals surface area contributed by atoms with E-state index < -0.39 is 0 Å². The predicted octanol–water partition coefficient (Wildman–Crippen LogP) is 1.07. The van der Waals surface area contributed by atoms with Crippen LogP contribution in [0.4, 0.5) is 0 Å². The van der Waals surface area contributed by atoms with Gasteiger partial charge in [-0.25, -0.2) is 4.79 Å². The number of hydrogen-bond donors (Lipinski definition) is 1. The molecule has 1 N–H and O–H groups in total. The average Bonchev–Trinajstić information content (AvgIpc) is 2.70. The molecule has 0 atom stereocenters. The van der Waals surface area contributed by atoms with Crippen molar-refractivity contribution in [3.8, 4) is 0 Å². The fourth-order valence-corrected chi connectivity index (χ4v) is 2.80. The summed E-state index contributed by atoms with van der Waals surface area (Å²) in [6.07, 6.45) is 0.845. The van der Waals surface area contributed by atoms with Crippen LogP contribution in [-0.4, -0.2) is 38.9 Å². The largest absolute Gasteiger partial charge is 0.465 e. The first-order valence-corrected chi connectivity index (χ1v) is 5.94. The van der Waals surface area contributed by atoms with E-state index in [1.807, 2.05) is 6.07 Å². The monoisotopic (exact) mass is 241 g/mol. The minimum Gasteiger partial charge on any atom is -0.465 e. The van der Waals surface area contributed by atoms with Gasteiger partial charge in [0.25, 0.3) is 0 Å². The van der Waals surface area contributed by atoms with E-state index in [4.69, 9.17) is 4.74 Å². The lowest BCUT2D eigenvalue weighted by Crippen LogP contribution is -2.61. The number of methoxy groups -OCH3 is 2. The molecular weight excluding hydrogens is 226 g/mol. The summed E-state index contributed by atoms with van der Waals surface area (Å²) in [7, 11) is 3.13. The van der Waals surface area contributed by atoms with Crippen molar-refractivity contribution in [3.63, 3.8) is 0 Å². The number of carbonyl (C=O) groups is 1. The standard InChI is InChI=1S/C11H15NO3S/c1-14-10(13)9-4-3-8(16-9)5-11(15-2)6-12-7-11/h3-4,12H,5-7H2,1-2H3. The zero-order valence-corrected chi connectivity index (χ0v) is 10.2. The summed E-state index contributed by atoms with van der Waals surface area (Å²) < 4.78 is 10.2. The molecule has 1 fully saturated rings. The van der Waals surface area contributed by atoms with Gasteiger partial charge in [0, 0.05) is 31.5 Å². The highest BCUT2D eigenvalue weighted by Gasteiger charge is 2.37. The molecule has 1 aromatic rings. The Hall–Kier alpha value is -0.910. The van der Waals surface area contributed by atoms with Gasteiger partial charge < -0.3 is 14.8 Å². The third kappa shape index (κ3) is 2.11. The van der Waals surface area contributed by atoms with E-state index >= 15 is 0 Å². The molecule has 1 aliphatic rings. The molecule has 0 spiro atoms. The highest BCUT2D eigenvalue weighted by atomic mass is 32.1. The number of esters is 1. The highest BCUT2D eigenvalue weighted by Crippen LogP contribution is 2.26. The quantitative estimate of drug-likeness (QED) is 0.801. The Kier molecular flexibility index (Phi) is 3.28. The van der Waals surface area contributed by atoms with Crippen LogP contribution in [0.3, 0.4) is 0 Å². The molecule has 1 saturated heterocycles. The summed E-state index contributed by atoms with van der Waals surface area (Å²) in [4.78, 5) is 13.1. The molecule has 0 saturated carbocycles. The Bertz CT molecular complexity index is 379. The summed E-state index contributed by atoms with van der Waals surface area (Å²) in [5, 5.41) is 3.20. The minimum absolute atomic E-state index is 0.0851. The molecule has 0 bridgehead atoms. The van der Waals surface area contributed by atoms with Crippen molar-refractivity contribution in [2.75, 3.05) is 27.3 Å². The number of ether oxygens (including phenoxy) is 2. The van der Waals surface area contributed by atoms with Crippen LogP contribution in [0.2, 0.25) is 0 Å². The van der Waals surface area contributed by atoms with Gasteiger partial charge >= 0.3 is 5.97 Å². The summed E-state index contributed by atoms with van der Waals surface area (Å²) in [5.41, 5.74) is -0.0851. The predicted molar refractivity (Wildman–Crippen MR) is 62.0 cm³/mol. The van der Waals surface area contributed by atoms with Gasteiger partial charge in [0.05, 0.1) is 12.7 Å². The van der Waals surface area contributed by atoms with E-state index in [0.29, 0.717) is 4.88 Å². The van der Waals surface area contributed by atoms with Crippen molar-refractivity contribution in [1.82, 2.24) is 5.32 Å². The number of hydrogen-bond acceptors (Lipinski definition) is 5. The molecule has 1 aliphatic heterocycles. The maximum Gasteiger partial charge on any atom is 0.348 e. The first-order chi connectivity index (χ1) is 7.69. The zero-order chi connectivity index (χ0) is 11.6. The molecule has 2 heterocycles. The van der Waals surface area contributed by atoms with E-state index in [0.717, 1.165) is 24.4 Å². The van der Waals surface area contributed by atoms with E-state index in [1.54, 1.807) is 13.2 Å². The van der Waals surface area contributed by atoms with Crippen molar-refractivity contribution in [2.45, 2.75) is 12.0 Å². The number of rotatable bonds is 4. The Balaban J connectivity index is 2.05. The molecule has 0 aromatic carbocycles. The molecule has 5 heteroatoms. The van der Waals surface area contributed by atoms with E-state index in [2.05, 4.69) is 10.1 Å². The van der Waals surface area contributed by atoms with Crippen LogP contribution < -0.4 is 5.32 Å². The molecule has 88 valence electrons. The second kappa shape index (κ2) is 4.53. The summed E-state index contributed by atoms with van der Waals surface area (Å²) in [6.45, 7) is 1.74. The lowest BCUT2D eigenvalue weighted by atomic mass is 9.92. The van der Waals surface area contributed by atoms with Crippen LogP contribution in [0, 0.1) is 0 Å². The summed E-state index contributed by atoms with van der Waals surface area (Å²) >= 11 is 1.47. The minimum atomic E-state index is -0.269. The third-order valence-corrected chi connectivity index (χ3v) is 3.94. The van der Waals surface area contributed by atoms with Crippen LogP contribution in [0.25, 0.3) is 0 Å². The highest BCUT2D eigenvalue weighted by molar-refractivity contribution is 7.13. The Labute approximate surface area is 98.6 Å². The van der Waals surface area contributed by atoms with Crippen LogP contribution in [0.1, 0.15) is 14.5 Å². The van der Waals surface area contributed by atoms with Crippen molar-refractivity contribution in [2.24, 2.45) is 0 Å². The molecule has 16 heavy (non-hydrogen) atoms. The Morgan fingerprint density at radius 1 is 1.50 bits per heavy atom. The van der Waals surface area contributed by atoms with Gasteiger partial charge in [-0.05, 0) is 12.1 Å². The van der Waals surface area contributed by atoms with Crippen LogP contribution in [-0.2, 0) is 15.9 Å². The van der Waals surface area contributed by atoms with Crippen molar-refractivity contribution >= 4 is 17.3 Å². The molecular formula is C11H15NO3S. The number of thiophene rings is 1. The average molecular weight is 241 g/mol. The molecule has 0 unspecified atom stereocenters. The van der Waals surface area contributed by atoms with Gasteiger partial charge in [0.1, 0.15) is 4.88 Å². The smallest absolute Gasteiger partial charge is 0.348 e. The van der Waals surface area contributed by atoms with Gasteiger partial charge in [-0.2, -0.15) is 0 Å². The lowest BCUT2D eigenvalue weighted by molar-refractivity contribution is -0.0496. The van der Waals surface area contributed by atoms with E-state index in [-0.39, 0.29) is 11.6 Å². The maximum absolute atomic E-state index is 11.3. The van der Waals surface area contributed by atoms with E-state index in [9.17, 15) is 4.79 Å². The van der Waals surface area contributed by atoms with Crippen LogP contribution in [0.15, 0.2) is 12.1 Å². The van der Waals surface area contributed by atoms with Gasteiger partial charge in [-0.1, -0.05) is 0 Å². The van der Waals surface area contributed by atoms with Crippen LogP contribution >= 0.6 is 11.3 Å². The first kappa shape index (κ1) is 11.6. The number of nitrogens with one attached hydrogen (secondary N) is 1. The lowest BCUT2D eigenvalue weighted by Gasteiger charge is -2.41.